The quantitative estimate of drug-likeness (QED) is 0.172. The van der Waals surface area contributed by atoms with Gasteiger partial charge in [-0.05, 0) is 106 Å². The molecule has 0 aliphatic heterocycles. The van der Waals surface area contributed by atoms with Crippen molar-refractivity contribution in [2.75, 3.05) is 4.90 Å². The van der Waals surface area contributed by atoms with Gasteiger partial charge in [0.25, 0.3) is 0 Å². The molecule has 0 bridgehead atoms. The number of hydrogen-bond acceptors (Lipinski definition) is 2. The van der Waals surface area contributed by atoms with Crippen molar-refractivity contribution in [1.29, 1.82) is 0 Å². The van der Waals surface area contributed by atoms with Crippen LogP contribution in [-0.2, 0) is 0 Å². The fourth-order valence-electron chi connectivity index (χ4n) is 8.41. The zero-order valence-electron chi connectivity index (χ0n) is 29.9. The monoisotopic (exact) mass is 702 g/mol. The lowest BCUT2D eigenvalue weighted by molar-refractivity contribution is 0.669. The molecule has 2 aromatic heterocycles. The number of rotatable bonds is 6. The number of anilines is 3. The molecule has 0 atom stereocenters. The molecular formula is C52H34N2O. The highest BCUT2D eigenvalue weighted by molar-refractivity contribution is 6.22. The van der Waals surface area contributed by atoms with Crippen LogP contribution in [-0.4, -0.2) is 4.57 Å². The first-order chi connectivity index (χ1) is 27.3. The van der Waals surface area contributed by atoms with E-state index in [0.29, 0.717) is 0 Å². The number of benzene rings is 9. The average Bonchev–Trinajstić information content (AvgIpc) is 3.81. The van der Waals surface area contributed by atoms with Crippen LogP contribution in [0.15, 0.2) is 211 Å². The number of nitrogens with zero attached hydrogens (tertiary/aromatic N) is 2. The molecule has 3 heteroatoms. The van der Waals surface area contributed by atoms with Gasteiger partial charge in [-0.2, -0.15) is 0 Å². The lowest BCUT2D eigenvalue weighted by Gasteiger charge is -2.26. The van der Waals surface area contributed by atoms with Crippen LogP contribution < -0.4 is 4.90 Å². The summed E-state index contributed by atoms with van der Waals surface area (Å²) in [7, 11) is 0. The van der Waals surface area contributed by atoms with E-state index in [1.807, 2.05) is 0 Å². The molecule has 0 amide bonds. The second kappa shape index (κ2) is 12.6. The van der Waals surface area contributed by atoms with E-state index in [4.69, 9.17) is 4.42 Å². The maximum absolute atomic E-state index is 6.93. The van der Waals surface area contributed by atoms with E-state index in [1.54, 1.807) is 0 Å². The number of hydrogen-bond donors (Lipinski definition) is 0. The second-order valence-electron chi connectivity index (χ2n) is 14.1. The topological polar surface area (TPSA) is 21.3 Å². The van der Waals surface area contributed by atoms with Gasteiger partial charge >= 0.3 is 0 Å². The number of fused-ring (bicyclic) bond motifs is 8. The van der Waals surface area contributed by atoms with Crippen molar-refractivity contribution >= 4 is 71.6 Å². The van der Waals surface area contributed by atoms with Gasteiger partial charge < -0.3 is 13.9 Å². The third-order valence-electron chi connectivity index (χ3n) is 10.9. The Labute approximate surface area is 318 Å². The molecule has 9 aromatic carbocycles. The Morgan fingerprint density at radius 1 is 0.382 bits per heavy atom. The summed E-state index contributed by atoms with van der Waals surface area (Å²) in [6.45, 7) is 0. The van der Waals surface area contributed by atoms with Crippen molar-refractivity contribution < 1.29 is 4.42 Å². The molecule has 0 N–H and O–H groups in total. The zero-order valence-corrected chi connectivity index (χ0v) is 29.9. The third kappa shape index (κ3) is 5.13. The molecule has 11 aromatic rings. The molecule has 55 heavy (non-hydrogen) atoms. The normalized spacial score (nSPS) is 11.6. The van der Waals surface area contributed by atoms with Crippen LogP contribution in [0.2, 0.25) is 0 Å². The third-order valence-corrected chi connectivity index (χ3v) is 10.9. The molecule has 0 aliphatic carbocycles. The van der Waals surface area contributed by atoms with Crippen LogP contribution in [0.4, 0.5) is 17.1 Å². The number of aromatic nitrogens is 1. The maximum atomic E-state index is 6.93. The summed E-state index contributed by atoms with van der Waals surface area (Å²) >= 11 is 0. The average molecular weight is 703 g/mol. The fourth-order valence-corrected chi connectivity index (χ4v) is 8.41. The first-order valence-corrected chi connectivity index (χ1v) is 18.8. The van der Waals surface area contributed by atoms with Gasteiger partial charge in [-0.15, -0.1) is 0 Å². The Morgan fingerprint density at radius 2 is 0.982 bits per heavy atom. The summed E-state index contributed by atoms with van der Waals surface area (Å²) in [4.78, 5) is 2.34. The van der Waals surface area contributed by atoms with Crippen LogP contribution in [0.5, 0.6) is 0 Å². The first kappa shape index (κ1) is 31.2. The van der Waals surface area contributed by atoms with E-state index >= 15 is 0 Å². The minimum atomic E-state index is 0.854. The molecule has 0 spiro atoms. The molecule has 0 aliphatic rings. The van der Waals surface area contributed by atoms with Crippen LogP contribution in [0, 0.1) is 0 Å². The molecule has 0 saturated carbocycles. The summed E-state index contributed by atoms with van der Waals surface area (Å²) in [5, 5.41) is 7.04. The molecule has 11 rings (SSSR count). The van der Waals surface area contributed by atoms with Crippen LogP contribution in [0.3, 0.4) is 0 Å². The Hall–Kier alpha value is -7.36. The van der Waals surface area contributed by atoms with Gasteiger partial charge in [0.1, 0.15) is 5.58 Å². The fraction of sp³-hybridized carbons (Fsp3) is 0. The maximum Gasteiger partial charge on any atom is 0.159 e. The predicted molar refractivity (Wildman–Crippen MR) is 231 cm³/mol. The lowest BCUT2D eigenvalue weighted by atomic mass is 9.97. The standard InChI is InChI=1S/C52H34N2O/c1-4-14-35(15-5-1)36-24-28-42(29-25-36)53(40-17-6-2-7-18-40)49-34-39(33-46-51-43-21-11-10-16-37(43)27-31-50(51)55-52(46)49)38-26-30-48-45(32-38)44-22-12-13-23-47(44)54(48)41-19-8-3-9-20-41/h1-34H. The van der Waals surface area contributed by atoms with E-state index in [9.17, 15) is 0 Å². The van der Waals surface area contributed by atoms with Crippen LogP contribution in [0.25, 0.3) is 82.5 Å². The van der Waals surface area contributed by atoms with E-state index in [2.05, 4.69) is 216 Å². The molecule has 2 heterocycles. The Balaban J connectivity index is 1.19. The van der Waals surface area contributed by atoms with E-state index in [0.717, 1.165) is 55.8 Å². The van der Waals surface area contributed by atoms with E-state index < -0.39 is 0 Å². The second-order valence-corrected chi connectivity index (χ2v) is 14.1. The van der Waals surface area contributed by atoms with Gasteiger partial charge in [-0.25, -0.2) is 0 Å². The van der Waals surface area contributed by atoms with Crippen molar-refractivity contribution in [1.82, 2.24) is 4.57 Å². The summed E-state index contributed by atoms with van der Waals surface area (Å²) in [5.74, 6) is 0. The van der Waals surface area contributed by atoms with Gasteiger partial charge in [-0.1, -0.05) is 133 Å². The van der Waals surface area contributed by atoms with Crippen molar-refractivity contribution in [3.63, 3.8) is 0 Å². The summed E-state index contributed by atoms with van der Waals surface area (Å²) < 4.78 is 9.30. The Bertz CT molecular complexity index is 3180. The molecule has 3 nitrogen and oxygen atoms in total. The zero-order chi connectivity index (χ0) is 36.3. The van der Waals surface area contributed by atoms with Crippen molar-refractivity contribution in [3.8, 4) is 27.9 Å². The summed E-state index contributed by atoms with van der Waals surface area (Å²) in [6.07, 6.45) is 0. The van der Waals surface area contributed by atoms with Gasteiger partial charge in [0.2, 0.25) is 0 Å². The smallest absolute Gasteiger partial charge is 0.159 e. The Kier molecular flexibility index (Phi) is 7.17. The SMILES string of the molecule is c1ccc(-c2ccc(N(c3ccccc3)c3cc(-c4ccc5c(c4)c4ccccc4n5-c4ccccc4)cc4c3oc3ccc5ccccc5c34)cc2)cc1. The molecule has 0 unspecified atom stereocenters. The van der Waals surface area contributed by atoms with Crippen molar-refractivity contribution in [2.24, 2.45) is 0 Å². The van der Waals surface area contributed by atoms with Crippen molar-refractivity contribution in [2.45, 2.75) is 0 Å². The van der Waals surface area contributed by atoms with E-state index in [-0.39, 0.29) is 0 Å². The number of para-hydroxylation sites is 3. The highest BCUT2D eigenvalue weighted by Crippen LogP contribution is 2.47. The molecule has 0 fully saturated rings. The molecule has 0 radical (unpaired) electrons. The summed E-state index contributed by atoms with van der Waals surface area (Å²) in [6, 6.07) is 73.8. The molecule has 0 saturated heterocycles. The molecular weight excluding hydrogens is 669 g/mol. The highest BCUT2D eigenvalue weighted by atomic mass is 16.3. The largest absolute Gasteiger partial charge is 0.454 e. The van der Waals surface area contributed by atoms with Gasteiger partial charge in [0.05, 0.1) is 16.7 Å². The van der Waals surface area contributed by atoms with Gasteiger partial charge in [0.15, 0.2) is 5.58 Å². The van der Waals surface area contributed by atoms with Gasteiger partial charge in [0, 0.05) is 38.6 Å². The number of furan rings is 1. The minimum Gasteiger partial charge on any atom is -0.454 e. The predicted octanol–water partition coefficient (Wildman–Crippen LogP) is 14.6. The minimum absolute atomic E-state index is 0.854. The van der Waals surface area contributed by atoms with Crippen LogP contribution >= 0.6 is 0 Å². The summed E-state index contributed by atoms with van der Waals surface area (Å²) in [5.41, 5.74) is 13.0. The molecule has 258 valence electrons. The first-order valence-electron chi connectivity index (χ1n) is 18.8. The van der Waals surface area contributed by atoms with Crippen molar-refractivity contribution in [3.05, 3.63) is 206 Å². The van der Waals surface area contributed by atoms with Crippen LogP contribution in [0.1, 0.15) is 0 Å². The lowest BCUT2D eigenvalue weighted by Crippen LogP contribution is -2.10. The van der Waals surface area contributed by atoms with E-state index in [1.165, 1.54) is 43.7 Å². The Morgan fingerprint density at radius 3 is 1.78 bits per heavy atom. The highest BCUT2D eigenvalue weighted by Gasteiger charge is 2.23. The van der Waals surface area contributed by atoms with Gasteiger partial charge in [-0.3, -0.25) is 0 Å².